The second-order valence-electron chi connectivity index (χ2n) is 6.56. The van der Waals surface area contributed by atoms with Gasteiger partial charge in [0, 0.05) is 30.6 Å². The summed E-state index contributed by atoms with van der Waals surface area (Å²) in [5, 5.41) is 0.692. The van der Waals surface area contributed by atoms with Gasteiger partial charge in [-0.05, 0) is 31.2 Å². The molecule has 7 heteroatoms. The summed E-state index contributed by atoms with van der Waals surface area (Å²) in [7, 11) is 0. The van der Waals surface area contributed by atoms with E-state index in [2.05, 4.69) is 4.57 Å². The summed E-state index contributed by atoms with van der Waals surface area (Å²) in [6.45, 7) is 9.47. The molecule has 140 valence electrons. The monoisotopic (exact) mass is 394 g/mol. The first-order valence-corrected chi connectivity index (χ1v) is 10.2. The summed E-state index contributed by atoms with van der Waals surface area (Å²) >= 11 is 7.43. The van der Waals surface area contributed by atoms with Crippen LogP contribution in [0.4, 0.5) is 5.69 Å². The maximum atomic E-state index is 12.0. The van der Waals surface area contributed by atoms with Crippen molar-refractivity contribution in [2.24, 2.45) is 4.99 Å². The summed E-state index contributed by atoms with van der Waals surface area (Å²) in [5.41, 5.74) is 1.85. The number of carbonyl (C=O) groups excluding carboxylic acids is 1. The van der Waals surface area contributed by atoms with Crippen LogP contribution in [0.15, 0.2) is 29.3 Å². The highest BCUT2D eigenvalue weighted by molar-refractivity contribution is 7.11. The quantitative estimate of drug-likeness (QED) is 0.764. The molecule has 3 rings (SSSR count). The molecule has 1 fully saturated rings. The van der Waals surface area contributed by atoms with Crippen LogP contribution in [0.25, 0.3) is 0 Å². The van der Waals surface area contributed by atoms with E-state index in [-0.39, 0.29) is 5.78 Å². The smallest absolute Gasteiger partial charge is 0.190 e. The molecule has 26 heavy (non-hydrogen) atoms. The van der Waals surface area contributed by atoms with Crippen LogP contribution in [0.1, 0.15) is 28.7 Å². The zero-order valence-corrected chi connectivity index (χ0v) is 16.8. The summed E-state index contributed by atoms with van der Waals surface area (Å²) in [6.07, 6.45) is 1.05. The van der Waals surface area contributed by atoms with E-state index < -0.39 is 0 Å². The minimum Gasteiger partial charge on any atom is -0.370 e. The molecule has 0 saturated carbocycles. The molecule has 2 heterocycles. The number of hydrogen-bond acceptors (Lipinski definition) is 4. The van der Waals surface area contributed by atoms with E-state index in [0.29, 0.717) is 5.02 Å². The van der Waals surface area contributed by atoms with Gasteiger partial charge in [0.15, 0.2) is 10.6 Å². The molecule has 1 aromatic carbocycles. The highest BCUT2D eigenvalue weighted by atomic mass is 35.5. The SMILES string of the molecule is CC(=O)c1sc(=Nc2ccc(Cl)cc2)n(CCC[NH+]2CCOCC2)c1C. The van der Waals surface area contributed by atoms with E-state index in [1.165, 1.54) is 11.3 Å². The van der Waals surface area contributed by atoms with Crippen molar-refractivity contribution in [1.82, 2.24) is 4.57 Å². The number of aromatic nitrogens is 1. The van der Waals surface area contributed by atoms with Crippen molar-refractivity contribution in [1.29, 1.82) is 0 Å². The molecule has 0 atom stereocenters. The van der Waals surface area contributed by atoms with Gasteiger partial charge in [-0.15, -0.1) is 0 Å². The van der Waals surface area contributed by atoms with E-state index in [0.717, 1.165) is 66.9 Å². The molecular formula is C19H25ClN3O2S+. The fraction of sp³-hybridized carbons (Fsp3) is 0.474. The molecule has 0 radical (unpaired) electrons. The third-order valence-electron chi connectivity index (χ3n) is 4.64. The minimum atomic E-state index is 0.0950. The van der Waals surface area contributed by atoms with E-state index in [1.54, 1.807) is 11.8 Å². The van der Waals surface area contributed by atoms with Crippen LogP contribution in [0.3, 0.4) is 0 Å². The zero-order valence-electron chi connectivity index (χ0n) is 15.3. The Morgan fingerprint density at radius 2 is 2.00 bits per heavy atom. The number of ether oxygens (including phenoxy) is 1. The first-order chi connectivity index (χ1) is 12.5. The molecule has 0 bridgehead atoms. The van der Waals surface area contributed by atoms with E-state index in [1.807, 2.05) is 31.2 Å². The highest BCUT2D eigenvalue weighted by Crippen LogP contribution is 2.18. The van der Waals surface area contributed by atoms with Crippen molar-refractivity contribution >= 4 is 34.4 Å². The third-order valence-corrected chi connectivity index (χ3v) is 6.17. The highest BCUT2D eigenvalue weighted by Gasteiger charge is 2.16. The second-order valence-corrected chi connectivity index (χ2v) is 7.98. The number of quaternary nitrogens is 1. The molecule has 1 aliphatic rings. The standard InChI is InChI=1S/C19H24ClN3O2S/c1-14-18(15(2)24)26-19(21-17-6-4-16(20)5-7-17)23(14)9-3-8-22-10-12-25-13-11-22/h4-7H,3,8-13H2,1-2H3/p+1. The molecule has 1 saturated heterocycles. The zero-order chi connectivity index (χ0) is 18.5. The van der Waals surface area contributed by atoms with Gasteiger partial charge in [0.05, 0.1) is 30.3 Å². The number of halogens is 1. The van der Waals surface area contributed by atoms with Gasteiger partial charge in [0.2, 0.25) is 0 Å². The van der Waals surface area contributed by atoms with Crippen molar-refractivity contribution in [3.05, 3.63) is 44.7 Å². The molecule has 0 aliphatic carbocycles. The molecule has 1 aromatic heterocycles. The first kappa shape index (κ1) is 19.3. The van der Waals surface area contributed by atoms with Crippen LogP contribution >= 0.6 is 22.9 Å². The van der Waals surface area contributed by atoms with Crippen molar-refractivity contribution in [3.63, 3.8) is 0 Å². The number of carbonyl (C=O) groups is 1. The fourth-order valence-electron chi connectivity index (χ4n) is 3.18. The summed E-state index contributed by atoms with van der Waals surface area (Å²) in [4.78, 5) is 20.0. The number of morpholine rings is 1. The van der Waals surface area contributed by atoms with Gasteiger partial charge in [-0.1, -0.05) is 22.9 Å². The van der Waals surface area contributed by atoms with Gasteiger partial charge in [-0.2, -0.15) is 0 Å². The minimum absolute atomic E-state index is 0.0950. The second kappa shape index (κ2) is 8.95. The number of nitrogens with one attached hydrogen (secondary N) is 1. The number of thiazole rings is 1. The Morgan fingerprint density at radius 3 is 2.65 bits per heavy atom. The van der Waals surface area contributed by atoms with Crippen LogP contribution < -0.4 is 9.70 Å². The average molecular weight is 395 g/mol. The maximum Gasteiger partial charge on any atom is 0.190 e. The number of hydrogen-bond donors (Lipinski definition) is 1. The molecular weight excluding hydrogens is 370 g/mol. The van der Waals surface area contributed by atoms with Crippen LogP contribution in [0.5, 0.6) is 0 Å². The van der Waals surface area contributed by atoms with Crippen molar-refractivity contribution < 1.29 is 14.4 Å². The summed E-state index contributed by atoms with van der Waals surface area (Å²) in [6, 6.07) is 7.46. The van der Waals surface area contributed by atoms with Gasteiger partial charge in [0.25, 0.3) is 0 Å². The Kier molecular flexibility index (Phi) is 6.64. The van der Waals surface area contributed by atoms with Gasteiger partial charge < -0.3 is 14.2 Å². The first-order valence-electron chi connectivity index (χ1n) is 8.97. The molecule has 0 spiro atoms. The lowest BCUT2D eigenvalue weighted by atomic mass is 10.3. The van der Waals surface area contributed by atoms with Crippen LogP contribution in [-0.4, -0.2) is 43.2 Å². The lowest BCUT2D eigenvalue weighted by Gasteiger charge is -2.23. The number of benzene rings is 1. The number of rotatable bonds is 6. The Hall–Kier alpha value is -1.47. The Bertz CT molecular complexity index is 820. The van der Waals surface area contributed by atoms with E-state index in [4.69, 9.17) is 21.3 Å². The van der Waals surface area contributed by atoms with Crippen LogP contribution in [-0.2, 0) is 11.3 Å². The normalized spacial score (nSPS) is 16.2. The summed E-state index contributed by atoms with van der Waals surface area (Å²) in [5.74, 6) is 0.0950. The fourth-order valence-corrected chi connectivity index (χ4v) is 4.38. The predicted octanol–water partition coefficient (Wildman–Crippen LogP) is 2.25. The van der Waals surface area contributed by atoms with E-state index in [9.17, 15) is 4.79 Å². The van der Waals surface area contributed by atoms with E-state index >= 15 is 0 Å². The van der Waals surface area contributed by atoms with Crippen LogP contribution in [0, 0.1) is 6.92 Å². The maximum absolute atomic E-state index is 12.0. The topological polar surface area (TPSA) is 48.0 Å². The van der Waals surface area contributed by atoms with Crippen molar-refractivity contribution in [2.75, 3.05) is 32.8 Å². The lowest BCUT2D eigenvalue weighted by molar-refractivity contribution is -0.908. The van der Waals surface area contributed by atoms with Gasteiger partial charge in [0.1, 0.15) is 13.1 Å². The predicted molar refractivity (Wildman–Crippen MR) is 105 cm³/mol. The Labute approximate surface area is 162 Å². The lowest BCUT2D eigenvalue weighted by Crippen LogP contribution is -3.14. The number of nitrogens with zero attached hydrogens (tertiary/aromatic N) is 2. The molecule has 1 aliphatic heterocycles. The number of ketones is 1. The average Bonchev–Trinajstić information content (AvgIpc) is 2.94. The number of Topliss-reactive ketones (excluding diaryl/α,β-unsaturated/α-hetero) is 1. The molecule has 5 nitrogen and oxygen atoms in total. The Balaban J connectivity index is 1.82. The molecule has 1 N–H and O–H groups in total. The van der Waals surface area contributed by atoms with Gasteiger partial charge in [-0.25, -0.2) is 4.99 Å². The van der Waals surface area contributed by atoms with Crippen molar-refractivity contribution in [2.45, 2.75) is 26.8 Å². The van der Waals surface area contributed by atoms with Gasteiger partial charge in [-0.3, -0.25) is 4.79 Å². The van der Waals surface area contributed by atoms with Crippen molar-refractivity contribution in [3.8, 4) is 0 Å². The largest absolute Gasteiger partial charge is 0.370 e. The third kappa shape index (κ3) is 4.82. The molecule has 0 unspecified atom stereocenters. The molecule has 0 amide bonds. The van der Waals surface area contributed by atoms with Crippen LogP contribution in [0.2, 0.25) is 5.02 Å². The molecule has 2 aromatic rings. The summed E-state index contributed by atoms with van der Waals surface area (Å²) < 4.78 is 7.60. The van der Waals surface area contributed by atoms with Gasteiger partial charge >= 0.3 is 0 Å². The Morgan fingerprint density at radius 1 is 1.31 bits per heavy atom.